The van der Waals surface area contributed by atoms with E-state index < -0.39 is 10.8 Å². The Hall–Kier alpha value is -9.18. The lowest BCUT2D eigenvalue weighted by molar-refractivity contribution is 0.436. The van der Waals surface area contributed by atoms with Crippen LogP contribution < -0.4 is 14.4 Å². The largest absolute Gasteiger partial charge is 0.457 e. The van der Waals surface area contributed by atoms with Crippen molar-refractivity contribution in [2.45, 2.75) is 10.8 Å². The molecule has 2 aliphatic carbocycles. The molecule has 11 aromatic carbocycles. The van der Waals surface area contributed by atoms with Gasteiger partial charge in [0.25, 0.3) is 0 Å². The third-order valence-corrected chi connectivity index (χ3v) is 15.6. The molecule has 0 saturated carbocycles. The van der Waals surface area contributed by atoms with Crippen molar-refractivity contribution in [1.29, 1.82) is 0 Å². The minimum atomic E-state index is -0.587. The summed E-state index contributed by atoms with van der Waals surface area (Å²) in [5.74, 6) is 3.56. The van der Waals surface area contributed by atoms with Crippen LogP contribution in [0.3, 0.4) is 0 Å². The standard InChI is InChI=1S/C68H43NO2/c1-2-17-44(18-3-1)45-33-38-48(39-34-45)69(61-28-16-27-59-66(61)52-20-5-7-22-54(52)67(59)55-23-8-12-29-62(55)70-63-30-13-9-24-56(63)67)49-40-35-46(36-41-49)47-37-42-51-50-19-4-6-21-53(50)68(60(51)43-47)57-25-10-14-31-64(57)71-65-32-15-11-26-58(65)68/h1-43H. The molecule has 2 spiro atoms. The van der Waals surface area contributed by atoms with Crippen molar-refractivity contribution >= 4 is 17.1 Å². The van der Waals surface area contributed by atoms with Gasteiger partial charge < -0.3 is 14.4 Å². The van der Waals surface area contributed by atoms with E-state index in [1.807, 2.05) is 0 Å². The number of hydrogen-bond donors (Lipinski definition) is 0. The lowest BCUT2D eigenvalue weighted by Gasteiger charge is -2.39. The predicted octanol–water partition coefficient (Wildman–Crippen LogP) is 17.4. The maximum absolute atomic E-state index is 6.69. The molecule has 0 radical (unpaired) electrons. The van der Waals surface area contributed by atoms with Crippen LogP contribution in [0.25, 0.3) is 44.5 Å². The molecule has 0 saturated heterocycles. The minimum Gasteiger partial charge on any atom is -0.457 e. The van der Waals surface area contributed by atoms with Gasteiger partial charge >= 0.3 is 0 Å². The average molecular weight is 906 g/mol. The second-order valence-corrected chi connectivity index (χ2v) is 19.0. The van der Waals surface area contributed by atoms with Gasteiger partial charge in [0.15, 0.2) is 0 Å². The molecule has 2 heterocycles. The average Bonchev–Trinajstić information content (AvgIpc) is 3.90. The van der Waals surface area contributed by atoms with Crippen molar-refractivity contribution in [3.05, 3.63) is 305 Å². The highest BCUT2D eigenvalue weighted by atomic mass is 16.5. The van der Waals surface area contributed by atoms with E-state index in [1.54, 1.807) is 0 Å². The summed E-state index contributed by atoms with van der Waals surface area (Å²) in [6.07, 6.45) is 0. The molecule has 3 nitrogen and oxygen atoms in total. The Labute approximate surface area is 413 Å². The highest BCUT2D eigenvalue weighted by Crippen LogP contribution is 2.65. The van der Waals surface area contributed by atoms with Crippen molar-refractivity contribution < 1.29 is 9.47 Å². The fourth-order valence-corrected chi connectivity index (χ4v) is 12.8. The Morgan fingerprint density at radius 3 is 1.18 bits per heavy atom. The molecule has 4 aliphatic rings. The highest BCUT2D eigenvalue weighted by molar-refractivity contribution is 5.99. The van der Waals surface area contributed by atoms with Crippen molar-refractivity contribution in [2.75, 3.05) is 4.90 Å². The molecule has 2 aliphatic heterocycles. The first-order chi connectivity index (χ1) is 35.2. The Balaban J connectivity index is 0.916. The molecule has 0 N–H and O–H groups in total. The number of hydrogen-bond acceptors (Lipinski definition) is 3. The maximum atomic E-state index is 6.69. The number of benzene rings is 11. The molecule has 71 heavy (non-hydrogen) atoms. The van der Waals surface area contributed by atoms with E-state index in [-0.39, 0.29) is 0 Å². The minimum absolute atomic E-state index is 0.539. The van der Waals surface area contributed by atoms with Gasteiger partial charge in [-0.2, -0.15) is 0 Å². The lowest BCUT2D eigenvalue weighted by atomic mass is 9.66. The molecule has 0 aromatic heterocycles. The molecule has 0 fully saturated rings. The van der Waals surface area contributed by atoms with Crippen LogP contribution in [0.2, 0.25) is 0 Å². The monoisotopic (exact) mass is 905 g/mol. The lowest BCUT2D eigenvalue weighted by Crippen LogP contribution is -2.32. The number of para-hydroxylation sites is 4. The Kier molecular flexibility index (Phi) is 8.49. The van der Waals surface area contributed by atoms with E-state index in [2.05, 4.69) is 266 Å². The van der Waals surface area contributed by atoms with Crippen LogP contribution in [0, 0.1) is 0 Å². The van der Waals surface area contributed by atoms with Gasteiger partial charge in [-0.25, -0.2) is 0 Å². The predicted molar refractivity (Wildman–Crippen MR) is 287 cm³/mol. The summed E-state index contributed by atoms with van der Waals surface area (Å²) in [6, 6.07) is 95.0. The quantitative estimate of drug-likeness (QED) is 0.172. The smallest absolute Gasteiger partial charge is 0.132 e. The van der Waals surface area contributed by atoms with Gasteiger partial charge in [-0.15, -0.1) is 0 Å². The third-order valence-electron chi connectivity index (χ3n) is 15.6. The summed E-state index contributed by atoms with van der Waals surface area (Å²) in [6.45, 7) is 0. The van der Waals surface area contributed by atoms with Gasteiger partial charge in [0.1, 0.15) is 23.0 Å². The van der Waals surface area contributed by atoms with Crippen LogP contribution in [0.15, 0.2) is 261 Å². The summed E-state index contributed by atoms with van der Waals surface area (Å²) >= 11 is 0. The molecule has 0 atom stereocenters. The van der Waals surface area contributed by atoms with Crippen molar-refractivity contribution in [1.82, 2.24) is 0 Å². The highest BCUT2D eigenvalue weighted by Gasteiger charge is 2.53. The van der Waals surface area contributed by atoms with Crippen molar-refractivity contribution in [3.8, 4) is 67.5 Å². The maximum Gasteiger partial charge on any atom is 0.132 e. The molecule has 3 heteroatoms. The van der Waals surface area contributed by atoms with Gasteiger partial charge in [0.2, 0.25) is 0 Å². The van der Waals surface area contributed by atoms with E-state index in [1.165, 1.54) is 55.6 Å². The number of rotatable bonds is 5. The number of ether oxygens (including phenoxy) is 2. The fourth-order valence-electron chi connectivity index (χ4n) is 12.8. The van der Waals surface area contributed by atoms with Gasteiger partial charge in [0.05, 0.1) is 16.5 Å². The number of anilines is 3. The summed E-state index contributed by atoms with van der Waals surface area (Å²) in [5.41, 5.74) is 21.4. The molecule has 0 amide bonds. The zero-order valence-corrected chi connectivity index (χ0v) is 38.6. The molecular weight excluding hydrogens is 863 g/mol. The normalized spacial score (nSPS) is 14.1. The van der Waals surface area contributed by atoms with Crippen molar-refractivity contribution in [3.63, 3.8) is 0 Å². The van der Waals surface area contributed by atoms with Crippen LogP contribution >= 0.6 is 0 Å². The molecule has 0 bridgehead atoms. The topological polar surface area (TPSA) is 21.7 Å². The van der Waals surface area contributed by atoms with E-state index in [0.29, 0.717) is 0 Å². The first-order valence-electron chi connectivity index (χ1n) is 24.5. The first kappa shape index (κ1) is 39.8. The van der Waals surface area contributed by atoms with Crippen molar-refractivity contribution in [2.24, 2.45) is 0 Å². The van der Waals surface area contributed by atoms with E-state index in [4.69, 9.17) is 9.47 Å². The fraction of sp³-hybridized carbons (Fsp3) is 0.0294. The summed E-state index contributed by atoms with van der Waals surface area (Å²) < 4.78 is 13.3. The van der Waals surface area contributed by atoms with Gasteiger partial charge in [-0.3, -0.25) is 0 Å². The Morgan fingerprint density at radius 2 is 0.634 bits per heavy atom. The molecule has 11 aromatic rings. The molecular formula is C68H43NO2. The van der Waals surface area contributed by atoms with Gasteiger partial charge in [-0.05, 0) is 122 Å². The first-order valence-corrected chi connectivity index (χ1v) is 24.5. The third kappa shape index (κ3) is 5.49. The summed E-state index contributed by atoms with van der Waals surface area (Å²) in [5, 5.41) is 0. The van der Waals surface area contributed by atoms with Crippen LogP contribution in [-0.2, 0) is 10.8 Å². The number of nitrogens with zero attached hydrogens (tertiary/aromatic N) is 1. The molecule has 15 rings (SSSR count). The molecule has 332 valence electrons. The van der Waals surface area contributed by atoms with E-state index in [0.717, 1.165) is 73.4 Å². The second kappa shape index (κ2) is 15.2. The van der Waals surface area contributed by atoms with E-state index in [9.17, 15) is 0 Å². The number of fused-ring (bicyclic) bond motifs is 18. The van der Waals surface area contributed by atoms with E-state index >= 15 is 0 Å². The summed E-state index contributed by atoms with van der Waals surface area (Å²) in [4.78, 5) is 2.45. The van der Waals surface area contributed by atoms with Crippen LogP contribution in [-0.4, -0.2) is 0 Å². The van der Waals surface area contributed by atoms with Gasteiger partial charge in [-0.1, -0.05) is 200 Å². The molecule has 0 unspecified atom stereocenters. The van der Waals surface area contributed by atoms with Crippen LogP contribution in [0.1, 0.15) is 44.5 Å². The SMILES string of the molecule is c1ccc(-c2ccc(N(c3ccc(-c4ccc5c(c4)C4(c6ccccc6Oc6ccccc64)c4ccccc4-5)cc3)c3cccc4c3-c3ccccc3C43c4ccccc4Oc4ccccc43)cc2)cc1. The Bertz CT molecular complexity index is 3860. The Morgan fingerprint density at radius 1 is 0.254 bits per heavy atom. The van der Waals surface area contributed by atoms with Crippen LogP contribution in [0.5, 0.6) is 23.0 Å². The van der Waals surface area contributed by atoms with Gasteiger partial charge in [0, 0.05) is 39.2 Å². The van der Waals surface area contributed by atoms with Crippen LogP contribution in [0.4, 0.5) is 17.1 Å². The second-order valence-electron chi connectivity index (χ2n) is 19.0. The zero-order chi connectivity index (χ0) is 46.7. The zero-order valence-electron chi connectivity index (χ0n) is 38.6. The summed E-state index contributed by atoms with van der Waals surface area (Å²) in [7, 11) is 0.